The third-order valence-corrected chi connectivity index (χ3v) is 4.37. The molecule has 1 saturated carbocycles. The van der Waals surface area contributed by atoms with Crippen LogP contribution in [-0.4, -0.2) is 13.2 Å². The lowest BCUT2D eigenvalue weighted by molar-refractivity contribution is 0.179. The van der Waals surface area contributed by atoms with Gasteiger partial charge in [-0.1, -0.05) is 11.6 Å². The van der Waals surface area contributed by atoms with Crippen molar-refractivity contribution in [1.82, 2.24) is 0 Å². The van der Waals surface area contributed by atoms with E-state index in [1.165, 1.54) is 0 Å². The summed E-state index contributed by atoms with van der Waals surface area (Å²) in [6.45, 7) is 2.08. The summed E-state index contributed by atoms with van der Waals surface area (Å²) in [6, 6.07) is 1.46. The van der Waals surface area contributed by atoms with Crippen molar-refractivity contribution in [3.8, 4) is 16.9 Å². The lowest BCUT2D eigenvalue weighted by Gasteiger charge is -2.14. The van der Waals surface area contributed by atoms with E-state index in [2.05, 4.69) is 0 Å². The molecular weight excluding hydrogens is 410 g/mol. The van der Waals surface area contributed by atoms with Crippen molar-refractivity contribution in [2.45, 2.75) is 19.8 Å². The Kier molecular flexibility index (Phi) is 5.79. The Morgan fingerprint density at radius 2 is 1.50 bits per heavy atom. The normalized spacial score (nSPS) is 12.9. The van der Waals surface area contributed by atoms with Gasteiger partial charge in [0.2, 0.25) is 5.82 Å². The predicted molar refractivity (Wildman–Crippen MR) is 90.0 cm³/mol. The average Bonchev–Trinajstić information content (AvgIpc) is 3.49. The zero-order valence-corrected chi connectivity index (χ0v) is 15.2. The molecule has 0 heterocycles. The lowest BCUT2D eigenvalue weighted by Crippen LogP contribution is -2.07. The van der Waals surface area contributed by atoms with Crippen LogP contribution in [0.5, 0.6) is 5.75 Å². The molecule has 0 aromatic heterocycles. The van der Waals surface area contributed by atoms with Crippen LogP contribution in [0.15, 0.2) is 23.5 Å². The summed E-state index contributed by atoms with van der Waals surface area (Å²) in [5.41, 5.74) is -1.25. The molecule has 0 saturated heterocycles. The highest BCUT2D eigenvalue weighted by atomic mass is 35.5. The Morgan fingerprint density at radius 3 is 2.04 bits per heavy atom. The first kappa shape index (κ1) is 20.4. The van der Waals surface area contributed by atoms with Crippen LogP contribution in [0.4, 0.5) is 26.3 Å². The van der Waals surface area contributed by atoms with Gasteiger partial charge in [-0.3, -0.25) is 0 Å². The summed E-state index contributed by atoms with van der Waals surface area (Å²) in [7, 11) is 0. The zero-order valence-electron chi connectivity index (χ0n) is 14.4. The van der Waals surface area contributed by atoms with Gasteiger partial charge in [-0.25, -0.2) is 26.3 Å². The molecule has 0 spiro atoms. The van der Waals surface area contributed by atoms with Gasteiger partial charge in [0.1, 0.15) is 23.9 Å². The van der Waals surface area contributed by atoms with E-state index in [1.807, 2.05) is 0 Å². The van der Waals surface area contributed by atoms with Crippen molar-refractivity contribution in [3.63, 3.8) is 0 Å². The van der Waals surface area contributed by atoms with Gasteiger partial charge in [0.05, 0.1) is 17.2 Å². The monoisotopic (exact) mass is 422 g/mol. The van der Waals surface area contributed by atoms with Gasteiger partial charge < -0.3 is 9.47 Å². The van der Waals surface area contributed by atoms with Crippen molar-refractivity contribution >= 4 is 11.6 Å². The number of hydrogen-bond donors (Lipinski definition) is 0. The molecule has 3 rings (SSSR count). The van der Waals surface area contributed by atoms with Crippen LogP contribution in [0, 0.1) is 34.9 Å². The number of halogens is 7. The van der Waals surface area contributed by atoms with E-state index in [0.717, 1.165) is 24.5 Å². The van der Waals surface area contributed by atoms with Gasteiger partial charge in [0.15, 0.2) is 23.3 Å². The molecular formula is C19H13ClF6O2. The highest BCUT2D eigenvalue weighted by Gasteiger charge is 2.29. The standard InChI is InChI=1S/C19H13ClF6O2/c1-2-27-13(8-3-4-8)7-28-12-5-9(11(21)6-10(12)20)14-15(22)17(24)19(26)18(25)16(14)23/h5-6H,2-4,7H2,1H3. The van der Waals surface area contributed by atoms with Crippen LogP contribution in [0.2, 0.25) is 5.02 Å². The minimum absolute atomic E-state index is 0.0783. The molecule has 0 bridgehead atoms. The van der Waals surface area contributed by atoms with Crippen molar-refractivity contribution < 1.29 is 35.8 Å². The number of allylic oxidation sites excluding steroid dienone is 1. The maximum atomic E-state index is 14.3. The first-order chi connectivity index (χ1) is 13.3. The second kappa shape index (κ2) is 7.95. The van der Waals surface area contributed by atoms with Crippen LogP contribution < -0.4 is 4.74 Å². The van der Waals surface area contributed by atoms with Crippen LogP contribution in [0.1, 0.15) is 19.8 Å². The molecule has 0 amide bonds. The summed E-state index contributed by atoms with van der Waals surface area (Å²) < 4.78 is 93.4. The molecule has 28 heavy (non-hydrogen) atoms. The van der Waals surface area contributed by atoms with E-state index < -0.39 is 46.0 Å². The molecule has 0 radical (unpaired) electrons. The lowest BCUT2D eigenvalue weighted by atomic mass is 10.0. The fourth-order valence-corrected chi connectivity index (χ4v) is 2.78. The van der Waals surface area contributed by atoms with Gasteiger partial charge in [0.25, 0.3) is 0 Å². The summed E-state index contributed by atoms with van der Waals surface area (Å²) in [4.78, 5) is 0. The Labute approximate surface area is 161 Å². The first-order valence-corrected chi connectivity index (χ1v) is 8.61. The maximum absolute atomic E-state index is 14.3. The third kappa shape index (κ3) is 3.78. The van der Waals surface area contributed by atoms with E-state index >= 15 is 0 Å². The molecule has 2 nitrogen and oxygen atoms in total. The second-order valence-corrected chi connectivity index (χ2v) is 6.36. The van der Waals surface area contributed by atoms with Crippen LogP contribution in [0.25, 0.3) is 11.1 Å². The predicted octanol–water partition coefficient (Wildman–Crippen LogP) is 6.30. The molecule has 150 valence electrons. The van der Waals surface area contributed by atoms with Gasteiger partial charge in [-0.2, -0.15) is 0 Å². The summed E-state index contributed by atoms with van der Waals surface area (Å²) in [6.07, 6.45) is 1.68. The Hall–Kier alpha value is -2.35. The Bertz CT molecular complexity index is 939. The maximum Gasteiger partial charge on any atom is 0.200 e. The second-order valence-electron chi connectivity index (χ2n) is 5.96. The number of benzene rings is 2. The molecule has 0 unspecified atom stereocenters. The summed E-state index contributed by atoms with van der Waals surface area (Å²) in [5.74, 6) is -11.9. The first-order valence-electron chi connectivity index (χ1n) is 8.23. The fraction of sp³-hybridized carbons (Fsp3) is 0.263. The highest BCUT2D eigenvalue weighted by Crippen LogP contribution is 2.38. The SMILES string of the molecule is CCOC(COc1cc(-c2c(F)c(F)c(F)c(F)c2F)c(F)cc1Cl)=C1CC1. The fourth-order valence-electron chi connectivity index (χ4n) is 2.58. The van der Waals surface area contributed by atoms with Crippen LogP contribution in [-0.2, 0) is 4.74 Å². The van der Waals surface area contributed by atoms with Crippen molar-refractivity contribution in [3.05, 3.63) is 63.4 Å². The zero-order chi connectivity index (χ0) is 20.6. The van der Waals surface area contributed by atoms with Gasteiger partial charge in [-0.05, 0) is 37.5 Å². The molecule has 1 fully saturated rings. The third-order valence-electron chi connectivity index (χ3n) is 4.07. The van der Waals surface area contributed by atoms with Gasteiger partial charge in [-0.15, -0.1) is 0 Å². The van der Waals surface area contributed by atoms with Gasteiger partial charge >= 0.3 is 0 Å². The van der Waals surface area contributed by atoms with Crippen LogP contribution in [0.3, 0.4) is 0 Å². The molecule has 1 aliphatic rings. The van der Waals surface area contributed by atoms with Crippen molar-refractivity contribution in [2.75, 3.05) is 13.2 Å². The van der Waals surface area contributed by atoms with E-state index in [4.69, 9.17) is 21.1 Å². The average molecular weight is 423 g/mol. The van der Waals surface area contributed by atoms with Gasteiger partial charge in [0, 0.05) is 5.56 Å². The number of rotatable bonds is 6. The largest absolute Gasteiger partial charge is 0.495 e. The Balaban J connectivity index is 2.03. The van der Waals surface area contributed by atoms with Crippen molar-refractivity contribution in [1.29, 1.82) is 0 Å². The Morgan fingerprint density at radius 1 is 0.929 bits per heavy atom. The molecule has 1 aliphatic carbocycles. The van der Waals surface area contributed by atoms with Crippen LogP contribution >= 0.6 is 11.6 Å². The molecule has 2 aromatic carbocycles. The molecule has 9 heteroatoms. The molecule has 2 aromatic rings. The number of hydrogen-bond acceptors (Lipinski definition) is 2. The molecule has 0 N–H and O–H groups in total. The molecule has 0 aliphatic heterocycles. The topological polar surface area (TPSA) is 18.5 Å². The minimum Gasteiger partial charge on any atom is -0.495 e. The summed E-state index contributed by atoms with van der Waals surface area (Å²) >= 11 is 5.89. The highest BCUT2D eigenvalue weighted by molar-refractivity contribution is 6.32. The minimum atomic E-state index is -2.33. The quantitative estimate of drug-likeness (QED) is 0.235. The number of ether oxygens (including phenoxy) is 2. The van der Waals surface area contributed by atoms with E-state index in [9.17, 15) is 26.3 Å². The van der Waals surface area contributed by atoms with E-state index in [0.29, 0.717) is 18.4 Å². The smallest absolute Gasteiger partial charge is 0.200 e. The molecule has 0 atom stereocenters. The summed E-state index contributed by atoms with van der Waals surface area (Å²) in [5, 5.41) is -0.234. The van der Waals surface area contributed by atoms with E-state index in [1.54, 1.807) is 6.92 Å². The van der Waals surface area contributed by atoms with E-state index in [-0.39, 0.29) is 17.4 Å². The van der Waals surface area contributed by atoms with Crippen molar-refractivity contribution in [2.24, 2.45) is 0 Å².